The summed E-state index contributed by atoms with van der Waals surface area (Å²) in [5.74, 6) is 0.324. The van der Waals surface area contributed by atoms with Crippen LogP contribution in [0.25, 0.3) is 5.95 Å². The lowest BCUT2D eigenvalue weighted by molar-refractivity contribution is 0.435. The van der Waals surface area contributed by atoms with Crippen LogP contribution in [0.5, 0.6) is 11.8 Å². The average molecular weight is 306 g/mol. The maximum atomic E-state index is 13.2. The molecular formula is C13H9ClFN5O. The van der Waals surface area contributed by atoms with Gasteiger partial charge in [0, 0.05) is 12.4 Å². The molecule has 0 fully saturated rings. The van der Waals surface area contributed by atoms with Crippen LogP contribution in [0.15, 0.2) is 36.7 Å². The van der Waals surface area contributed by atoms with Gasteiger partial charge in [0.1, 0.15) is 11.6 Å². The Labute approximate surface area is 124 Å². The van der Waals surface area contributed by atoms with E-state index >= 15 is 0 Å². The molecule has 0 atom stereocenters. The summed E-state index contributed by atoms with van der Waals surface area (Å²) in [7, 11) is 0. The molecule has 0 aliphatic heterocycles. The van der Waals surface area contributed by atoms with E-state index in [0.717, 1.165) is 0 Å². The van der Waals surface area contributed by atoms with Gasteiger partial charge in [-0.05, 0) is 48.4 Å². The van der Waals surface area contributed by atoms with Crippen LogP contribution in [0.2, 0.25) is 5.28 Å². The topological polar surface area (TPSA) is 65.7 Å². The normalized spacial score (nSPS) is 10.6. The fourth-order valence-electron chi connectivity index (χ4n) is 1.64. The number of hydrogen-bond acceptors (Lipinski definition) is 5. The zero-order chi connectivity index (χ0) is 14.8. The van der Waals surface area contributed by atoms with Crippen molar-refractivity contribution < 1.29 is 9.13 Å². The molecule has 3 aromatic rings. The van der Waals surface area contributed by atoms with Gasteiger partial charge < -0.3 is 4.74 Å². The van der Waals surface area contributed by atoms with Gasteiger partial charge >= 0.3 is 6.01 Å². The lowest BCUT2D eigenvalue weighted by Gasteiger charge is -2.06. The van der Waals surface area contributed by atoms with Crippen LogP contribution in [0.1, 0.15) is 5.56 Å². The predicted molar refractivity (Wildman–Crippen MR) is 73.2 cm³/mol. The Morgan fingerprint density at radius 3 is 2.81 bits per heavy atom. The minimum Gasteiger partial charge on any atom is -0.424 e. The smallest absolute Gasteiger partial charge is 0.328 e. The van der Waals surface area contributed by atoms with E-state index in [2.05, 4.69) is 20.1 Å². The second kappa shape index (κ2) is 5.45. The lowest BCUT2D eigenvalue weighted by atomic mass is 10.2. The van der Waals surface area contributed by atoms with E-state index in [9.17, 15) is 4.39 Å². The van der Waals surface area contributed by atoms with E-state index in [1.807, 2.05) is 0 Å². The van der Waals surface area contributed by atoms with Gasteiger partial charge in [-0.25, -0.2) is 9.07 Å². The number of hydrogen-bond donors (Lipinski definition) is 0. The first-order chi connectivity index (χ1) is 10.1. The molecule has 0 N–H and O–H groups in total. The van der Waals surface area contributed by atoms with Gasteiger partial charge in [-0.1, -0.05) is 0 Å². The number of nitrogens with zero attached hydrogens (tertiary/aromatic N) is 5. The van der Waals surface area contributed by atoms with E-state index in [1.165, 1.54) is 16.8 Å². The van der Waals surface area contributed by atoms with Crippen molar-refractivity contribution in [2.75, 3.05) is 0 Å². The van der Waals surface area contributed by atoms with Gasteiger partial charge in [0.05, 0.1) is 0 Å². The van der Waals surface area contributed by atoms with Gasteiger partial charge in [-0.15, -0.1) is 0 Å². The Hall–Kier alpha value is -2.54. The molecule has 0 spiro atoms. The van der Waals surface area contributed by atoms with Crippen LogP contribution < -0.4 is 4.74 Å². The molecule has 21 heavy (non-hydrogen) atoms. The molecule has 106 valence electrons. The number of rotatable bonds is 3. The van der Waals surface area contributed by atoms with Crippen LogP contribution in [-0.2, 0) is 0 Å². The summed E-state index contributed by atoms with van der Waals surface area (Å²) < 4.78 is 20.1. The number of aromatic nitrogens is 5. The molecule has 2 aromatic heterocycles. The van der Waals surface area contributed by atoms with E-state index < -0.39 is 0 Å². The Morgan fingerprint density at radius 2 is 2.10 bits per heavy atom. The highest BCUT2D eigenvalue weighted by molar-refractivity contribution is 6.28. The summed E-state index contributed by atoms with van der Waals surface area (Å²) in [6.45, 7) is 1.64. The Kier molecular flexibility index (Phi) is 3.49. The largest absolute Gasteiger partial charge is 0.424 e. The first kappa shape index (κ1) is 13.4. The molecule has 0 saturated carbocycles. The molecule has 0 amide bonds. The molecule has 8 heteroatoms. The zero-order valence-electron chi connectivity index (χ0n) is 10.9. The Bertz CT molecular complexity index is 778. The second-order valence-corrected chi connectivity index (χ2v) is 4.49. The molecule has 0 bridgehead atoms. The number of halogens is 2. The highest BCUT2D eigenvalue weighted by atomic mass is 35.5. The Morgan fingerprint density at radius 1 is 1.24 bits per heavy atom. The van der Waals surface area contributed by atoms with Gasteiger partial charge in [0.25, 0.3) is 5.95 Å². The van der Waals surface area contributed by atoms with Crippen molar-refractivity contribution in [1.82, 2.24) is 24.7 Å². The SMILES string of the molecule is Cc1cc(Oc2nc(Cl)nc(-n3cccn3)n2)ccc1F. The third kappa shape index (κ3) is 2.97. The third-order valence-electron chi connectivity index (χ3n) is 2.62. The fourth-order valence-corrected chi connectivity index (χ4v) is 1.79. The molecule has 2 heterocycles. The van der Waals surface area contributed by atoms with Crippen LogP contribution >= 0.6 is 11.6 Å². The summed E-state index contributed by atoms with van der Waals surface area (Å²) in [4.78, 5) is 11.9. The monoisotopic (exact) mass is 305 g/mol. The molecule has 0 aliphatic carbocycles. The van der Waals surface area contributed by atoms with E-state index in [1.54, 1.807) is 31.5 Å². The maximum absolute atomic E-state index is 13.2. The van der Waals surface area contributed by atoms with Crippen LogP contribution in [0.4, 0.5) is 4.39 Å². The van der Waals surface area contributed by atoms with Crippen LogP contribution in [-0.4, -0.2) is 24.7 Å². The van der Waals surface area contributed by atoms with Crippen molar-refractivity contribution >= 4 is 11.6 Å². The quantitative estimate of drug-likeness (QED) is 0.744. The summed E-state index contributed by atoms with van der Waals surface area (Å²) in [6, 6.07) is 6.06. The molecule has 0 aliphatic rings. The molecular weight excluding hydrogens is 297 g/mol. The predicted octanol–water partition coefficient (Wildman–Crippen LogP) is 2.95. The molecule has 0 radical (unpaired) electrons. The summed E-state index contributed by atoms with van der Waals surface area (Å²) >= 11 is 5.85. The molecule has 3 rings (SSSR count). The molecule has 0 unspecified atom stereocenters. The van der Waals surface area contributed by atoms with Crippen LogP contribution in [0, 0.1) is 12.7 Å². The first-order valence-electron chi connectivity index (χ1n) is 5.97. The summed E-state index contributed by atoms with van der Waals surface area (Å²) in [6.07, 6.45) is 3.25. The van der Waals surface area contributed by atoms with Crippen molar-refractivity contribution in [3.63, 3.8) is 0 Å². The van der Waals surface area contributed by atoms with Crippen molar-refractivity contribution in [2.45, 2.75) is 6.92 Å². The lowest BCUT2D eigenvalue weighted by Crippen LogP contribution is -2.05. The highest BCUT2D eigenvalue weighted by Gasteiger charge is 2.10. The van der Waals surface area contributed by atoms with Crippen molar-refractivity contribution in [3.05, 3.63) is 53.3 Å². The Balaban J connectivity index is 1.93. The van der Waals surface area contributed by atoms with Gasteiger partial charge in [0.2, 0.25) is 5.28 Å². The molecule has 0 saturated heterocycles. The molecule has 1 aromatic carbocycles. The van der Waals surface area contributed by atoms with Gasteiger partial charge in [-0.2, -0.15) is 20.1 Å². The fraction of sp³-hybridized carbons (Fsp3) is 0.0769. The van der Waals surface area contributed by atoms with Crippen molar-refractivity contribution in [1.29, 1.82) is 0 Å². The van der Waals surface area contributed by atoms with E-state index in [4.69, 9.17) is 16.3 Å². The average Bonchev–Trinajstić information content (AvgIpc) is 2.96. The van der Waals surface area contributed by atoms with Gasteiger partial charge in [-0.3, -0.25) is 0 Å². The number of ether oxygens (including phenoxy) is 1. The summed E-state index contributed by atoms with van der Waals surface area (Å²) in [5, 5.41) is 3.98. The van der Waals surface area contributed by atoms with Crippen LogP contribution in [0.3, 0.4) is 0 Å². The number of benzene rings is 1. The molecule has 6 nitrogen and oxygen atoms in total. The minimum absolute atomic E-state index is 0.00603. The van der Waals surface area contributed by atoms with E-state index in [-0.39, 0.29) is 23.1 Å². The second-order valence-electron chi connectivity index (χ2n) is 4.15. The minimum atomic E-state index is -0.312. The third-order valence-corrected chi connectivity index (χ3v) is 2.79. The van der Waals surface area contributed by atoms with Gasteiger partial charge in [0.15, 0.2) is 0 Å². The zero-order valence-corrected chi connectivity index (χ0v) is 11.6. The van der Waals surface area contributed by atoms with Crippen molar-refractivity contribution in [2.24, 2.45) is 0 Å². The maximum Gasteiger partial charge on any atom is 0.328 e. The summed E-state index contributed by atoms with van der Waals surface area (Å²) in [5.41, 5.74) is 0.458. The number of aryl methyl sites for hydroxylation is 1. The van der Waals surface area contributed by atoms with Crippen molar-refractivity contribution in [3.8, 4) is 17.7 Å². The first-order valence-corrected chi connectivity index (χ1v) is 6.35. The standard InChI is InChI=1S/C13H9ClFN5O/c1-8-7-9(3-4-10(8)15)21-13-18-11(14)17-12(19-13)20-6-2-5-16-20/h2-7H,1H3. The van der Waals surface area contributed by atoms with E-state index in [0.29, 0.717) is 11.3 Å². The highest BCUT2D eigenvalue weighted by Crippen LogP contribution is 2.21.